The van der Waals surface area contributed by atoms with E-state index in [0.717, 1.165) is 88.4 Å². The summed E-state index contributed by atoms with van der Waals surface area (Å²) in [5.74, 6) is 1.58. The van der Waals surface area contributed by atoms with Gasteiger partial charge in [0.15, 0.2) is 11.2 Å². The zero-order valence-corrected chi connectivity index (χ0v) is 22.8. The van der Waals surface area contributed by atoms with Gasteiger partial charge in [-0.25, -0.2) is 14.6 Å². The second kappa shape index (κ2) is 10.3. The van der Waals surface area contributed by atoms with Crippen LogP contribution >= 0.6 is 11.8 Å². The number of rotatable bonds is 7. The molecule has 0 radical (unpaired) electrons. The van der Waals surface area contributed by atoms with Crippen LogP contribution < -0.4 is 11.1 Å². The van der Waals surface area contributed by atoms with E-state index in [1.54, 1.807) is 0 Å². The van der Waals surface area contributed by atoms with E-state index in [-0.39, 0.29) is 6.04 Å². The molecule has 1 fully saturated rings. The fourth-order valence-corrected chi connectivity index (χ4v) is 5.81. The maximum Gasteiger partial charge on any atom is 0.300 e. The average Bonchev–Trinajstić information content (AvgIpc) is 3.50. The van der Waals surface area contributed by atoms with E-state index in [0.29, 0.717) is 11.8 Å². The molecule has 0 saturated carbocycles. The number of oxazole rings is 1. The molecule has 4 heterocycles. The Balaban J connectivity index is 1.29. The second-order valence-corrected chi connectivity index (χ2v) is 11.0. The van der Waals surface area contributed by atoms with E-state index >= 15 is 0 Å². The first-order valence-electron chi connectivity index (χ1n) is 13.0. The number of aryl methyl sites for hydroxylation is 2. The molecule has 38 heavy (non-hydrogen) atoms. The minimum atomic E-state index is 0.253. The van der Waals surface area contributed by atoms with Gasteiger partial charge >= 0.3 is 0 Å². The Hall–Kier alpha value is -3.63. The molecule has 5 aromatic rings. The molecule has 1 aliphatic rings. The van der Waals surface area contributed by atoms with E-state index in [4.69, 9.17) is 15.2 Å². The first-order chi connectivity index (χ1) is 18.5. The Labute approximate surface area is 225 Å². The molecule has 10 heteroatoms. The summed E-state index contributed by atoms with van der Waals surface area (Å²) >= 11 is 1.89. The molecule has 2 aromatic carbocycles. The SMILES string of the molecule is CSCCN1CCCC(n2nc(-c3ccc(Nc4nc5cc(C)cc(C)c5o4)cc3)c3c(N)ncnc32)C1. The van der Waals surface area contributed by atoms with Crippen molar-refractivity contribution in [2.24, 2.45) is 0 Å². The fraction of sp³-hybridized carbons (Fsp3) is 0.357. The third-order valence-electron chi connectivity index (χ3n) is 7.19. The highest BCUT2D eigenvalue weighted by Crippen LogP contribution is 2.34. The van der Waals surface area contributed by atoms with Crippen LogP contribution in [0.3, 0.4) is 0 Å². The van der Waals surface area contributed by atoms with E-state index in [1.165, 1.54) is 6.33 Å². The van der Waals surface area contributed by atoms with E-state index in [9.17, 15) is 0 Å². The van der Waals surface area contributed by atoms with Gasteiger partial charge in [-0.05, 0) is 68.8 Å². The Morgan fingerprint density at radius 3 is 2.82 bits per heavy atom. The first kappa shape index (κ1) is 24.7. The molecule has 6 rings (SSSR count). The van der Waals surface area contributed by atoms with Crippen LogP contribution in [0.25, 0.3) is 33.4 Å². The number of thioether (sulfide) groups is 1. The van der Waals surface area contributed by atoms with Gasteiger partial charge in [0.2, 0.25) is 0 Å². The number of piperidine rings is 1. The summed E-state index contributed by atoms with van der Waals surface area (Å²) in [6.45, 7) is 7.29. The van der Waals surface area contributed by atoms with Gasteiger partial charge in [-0.2, -0.15) is 21.8 Å². The van der Waals surface area contributed by atoms with E-state index < -0.39 is 0 Å². The lowest BCUT2D eigenvalue weighted by atomic mass is 10.1. The lowest BCUT2D eigenvalue weighted by Gasteiger charge is -2.32. The van der Waals surface area contributed by atoms with Crippen LogP contribution in [-0.2, 0) is 0 Å². The smallest absolute Gasteiger partial charge is 0.300 e. The molecule has 0 spiro atoms. The molecule has 1 aliphatic heterocycles. The molecule has 0 aliphatic carbocycles. The van der Waals surface area contributed by atoms with Crippen LogP contribution in [0, 0.1) is 13.8 Å². The van der Waals surface area contributed by atoms with Crippen LogP contribution in [0.2, 0.25) is 0 Å². The number of nitrogens with one attached hydrogen (secondary N) is 1. The number of benzene rings is 2. The number of aromatic nitrogens is 5. The topological polar surface area (TPSA) is 111 Å². The first-order valence-corrected chi connectivity index (χ1v) is 14.3. The summed E-state index contributed by atoms with van der Waals surface area (Å²) in [4.78, 5) is 16.0. The van der Waals surface area contributed by atoms with Crippen LogP contribution in [0.1, 0.15) is 30.0 Å². The summed E-state index contributed by atoms with van der Waals surface area (Å²) in [5.41, 5.74) is 13.7. The maximum absolute atomic E-state index is 6.37. The number of hydrogen-bond acceptors (Lipinski definition) is 9. The number of hydrogen-bond donors (Lipinski definition) is 2. The number of likely N-dealkylation sites (tertiary alicyclic amines) is 1. The maximum atomic E-state index is 6.37. The van der Waals surface area contributed by atoms with Crippen molar-refractivity contribution in [2.75, 3.05) is 42.7 Å². The second-order valence-electron chi connectivity index (χ2n) is 9.99. The number of nitrogen functional groups attached to an aromatic ring is 1. The molecular weight excluding hydrogens is 496 g/mol. The number of nitrogens with two attached hydrogens (primary N) is 1. The minimum absolute atomic E-state index is 0.253. The van der Waals surface area contributed by atoms with Crippen LogP contribution in [0.5, 0.6) is 0 Å². The number of nitrogens with zero attached hydrogens (tertiary/aromatic N) is 6. The number of fused-ring (bicyclic) bond motifs is 2. The third-order valence-corrected chi connectivity index (χ3v) is 7.78. The Kier molecular flexibility index (Phi) is 6.67. The van der Waals surface area contributed by atoms with Crippen molar-refractivity contribution in [1.82, 2.24) is 29.6 Å². The van der Waals surface area contributed by atoms with Gasteiger partial charge in [-0.3, -0.25) is 0 Å². The lowest BCUT2D eigenvalue weighted by Crippen LogP contribution is -2.38. The van der Waals surface area contributed by atoms with Crippen molar-refractivity contribution < 1.29 is 4.42 Å². The molecular formula is C28H32N8OS. The largest absolute Gasteiger partial charge is 0.423 e. The molecule has 3 aromatic heterocycles. The lowest BCUT2D eigenvalue weighted by molar-refractivity contribution is 0.181. The summed E-state index contributed by atoms with van der Waals surface area (Å²) in [6, 6.07) is 12.9. The fourth-order valence-electron chi connectivity index (χ4n) is 5.37. The predicted molar refractivity (Wildman–Crippen MR) is 155 cm³/mol. The van der Waals surface area contributed by atoms with Crippen molar-refractivity contribution in [1.29, 1.82) is 0 Å². The standard InChI is InChI=1S/C28H32N8OS/c1-17-13-18(2)25-22(14-17)33-28(37-25)32-20-8-6-19(7-9-20)24-23-26(29)30-16-31-27(23)36(34-24)21-5-4-10-35(15-21)11-12-38-3/h6-9,13-14,16,21H,4-5,10-12,15H2,1-3H3,(H,32,33)(H2,29,30,31). The summed E-state index contributed by atoms with van der Waals surface area (Å²) in [5, 5.41) is 9.16. The molecule has 9 nitrogen and oxygen atoms in total. The molecule has 196 valence electrons. The third kappa shape index (κ3) is 4.69. The molecule has 1 saturated heterocycles. The predicted octanol–water partition coefficient (Wildman–Crippen LogP) is 5.58. The highest BCUT2D eigenvalue weighted by Gasteiger charge is 2.26. The van der Waals surface area contributed by atoms with Crippen molar-refractivity contribution >= 4 is 51.4 Å². The zero-order chi connectivity index (χ0) is 26.2. The summed E-state index contributed by atoms with van der Waals surface area (Å²) < 4.78 is 8.05. The van der Waals surface area contributed by atoms with Gasteiger partial charge in [0.25, 0.3) is 6.01 Å². The quantitative estimate of drug-likeness (QED) is 0.280. The van der Waals surface area contributed by atoms with Gasteiger partial charge in [-0.15, -0.1) is 0 Å². The van der Waals surface area contributed by atoms with Crippen LogP contribution in [0.4, 0.5) is 17.5 Å². The molecule has 1 unspecified atom stereocenters. The Morgan fingerprint density at radius 2 is 2.00 bits per heavy atom. The van der Waals surface area contributed by atoms with Gasteiger partial charge in [-0.1, -0.05) is 18.2 Å². The monoisotopic (exact) mass is 528 g/mol. The van der Waals surface area contributed by atoms with Gasteiger partial charge in [0.1, 0.15) is 23.4 Å². The molecule has 3 N–H and O–H groups in total. The zero-order valence-electron chi connectivity index (χ0n) is 21.9. The summed E-state index contributed by atoms with van der Waals surface area (Å²) in [6.07, 6.45) is 5.91. The number of anilines is 3. The van der Waals surface area contributed by atoms with Gasteiger partial charge < -0.3 is 20.4 Å². The summed E-state index contributed by atoms with van der Waals surface area (Å²) in [7, 11) is 0. The highest BCUT2D eigenvalue weighted by atomic mass is 32.2. The van der Waals surface area contributed by atoms with Crippen molar-refractivity contribution in [3.05, 3.63) is 53.9 Å². The van der Waals surface area contributed by atoms with Crippen LogP contribution in [0.15, 0.2) is 47.1 Å². The molecule has 0 bridgehead atoms. The molecule has 1 atom stereocenters. The average molecular weight is 529 g/mol. The minimum Gasteiger partial charge on any atom is -0.423 e. The van der Waals surface area contributed by atoms with E-state index in [2.05, 4.69) is 49.1 Å². The van der Waals surface area contributed by atoms with Crippen molar-refractivity contribution in [2.45, 2.75) is 32.7 Å². The van der Waals surface area contributed by atoms with E-state index in [1.807, 2.05) is 49.0 Å². The normalized spacial score (nSPS) is 16.4. The Bertz CT molecular complexity index is 1590. The van der Waals surface area contributed by atoms with Gasteiger partial charge in [0.05, 0.1) is 11.4 Å². The van der Waals surface area contributed by atoms with Crippen molar-refractivity contribution in [3.8, 4) is 11.3 Å². The van der Waals surface area contributed by atoms with Crippen LogP contribution in [-0.4, -0.2) is 61.3 Å². The molecule has 0 amide bonds. The van der Waals surface area contributed by atoms with Gasteiger partial charge in [0, 0.05) is 30.1 Å². The highest BCUT2D eigenvalue weighted by molar-refractivity contribution is 7.98. The van der Waals surface area contributed by atoms with Crippen molar-refractivity contribution in [3.63, 3.8) is 0 Å². The Morgan fingerprint density at radius 1 is 1.16 bits per heavy atom.